The maximum atomic E-state index is 12.9. The Morgan fingerprint density at radius 1 is 1.32 bits per heavy atom. The van der Waals surface area contributed by atoms with Crippen LogP contribution >= 0.6 is 11.3 Å². The minimum atomic E-state index is -0.00935. The number of thiophene rings is 1. The number of hydrogen-bond acceptors (Lipinski definition) is 4. The molecule has 0 saturated carbocycles. The molecule has 2 aromatic heterocycles. The van der Waals surface area contributed by atoms with Gasteiger partial charge in [-0.3, -0.25) is 4.79 Å². The molecule has 3 nitrogen and oxygen atoms in total. The lowest BCUT2D eigenvalue weighted by atomic mass is 9.85. The lowest BCUT2D eigenvalue weighted by Crippen LogP contribution is -2.14. The predicted octanol–water partition coefficient (Wildman–Crippen LogP) is 4.93. The molecule has 0 bridgehead atoms. The normalized spacial score (nSPS) is 16.8. The molecule has 4 heteroatoms. The van der Waals surface area contributed by atoms with Crippen LogP contribution in [-0.2, 0) is 12.8 Å². The number of nitrogen functional groups attached to an aromatic ring is 1. The van der Waals surface area contributed by atoms with E-state index < -0.39 is 0 Å². The molecule has 25 heavy (non-hydrogen) atoms. The molecule has 1 aromatic carbocycles. The number of fused-ring (bicyclic) bond motifs is 2. The molecule has 0 aliphatic heterocycles. The molecule has 0 amide bonds. The van der Waals surface area contributed by atoms with Gasteiger partial charge in [-0.15, -0.1) is 11.3 Å². The fourth-order valence-corrected chi connectivity index (χ4v) is 4.68. The van der Waals surface area contributed by atoms with Crippen LogP contribution < -0.4 is 5.73 Å². The summed E-state index contributed by atoms with van der Waals surface area (Å²) in [5.41, 5.74) is 11.3. The first-order valence-corrected chi connectivity index (χ1v) is 9.70. The van der Waals surface area contributed by atoms with Crippen molar-refractivity contribution in [3.8, 4) is 0 Å². The molecule has 0 spiro atoms. The van der Waals surface area contributed by atoms with Gasteiger partial charge in [-0.2, -0.15) is 0 Å². The molecule has 1 atom stereocenters. The Morgan fingerprint density at radius 3 is 2.80 bits per heavy atom. The highest BCUT2D eigenvalue weighted by Crippen LogP contribution is 2.37. The number of aryl methyl sites for hydroxylation is 2. The van der Waals surface area contributed by atoms with Crippen molar-refractivity contribution in [2.75, 3.05) is 5.73 Å². The van der Waals surface area contributed by atoms with Gasteiger partial charge in [-0.1, -0.05) is 43.2 Å². The van der Waals surface area contributed by atoms with Crippen LogP contribution in [0, 0.1) is 12.8 Å². The van der Waals surface area contributed by atoms with Gasteiger partial charge in [0, 0.05) is 16.6 Å². The molecule has 2 heterocycles. The van der Waals surface area contributed by atoms with Gasteiger partial charge >= 0.3 is 0 Å². The number of nitrogens with zero attached hydrogens (tertiary/aromatic N) is 1. The van der Waals surface area contributed by atoms with Crippen molar-refractivity contribution in [2.45, 2.75) is 39.5 Å². The van der Waals surface area contributed by atoms with E-state index >= 15 is 0 Å². The Bertz CT molecular complexity index is 956. The maximum absolute atomic E-state index is 12.9. The molecule has 3 aromatic rings. The molecular formula is C21H22N2OS. The summed E-state index contributed by atoms with van der Waals surface area (Å²) in [4.78, 5) is 19.2. The fourth-order valence-electron chi connectivity index (χ4n) is 3.62. The summed E-state index contributed by atoms with van der Waals surface area (Å²) >= 11 is 1.42. The Hall–Kier alpha value is -2.20. The van der Waals surface area contributed by atoms with Gasteiger partial charge in [-0.25, -0.2) is 4.98 Å². The number of carbonyl (C=O) groups excluding carboxylic acids is 1. The molecule has 4 rings (SSSR count). The number of carbonyl (C=O) groups is 1. The number of nitrogens with two attached hydrogens (primary N) is 1. The van der Waals surface area contributed by atoms with E-state index in [0.717, 1.165) is 34.5 Å². The second-order valence-corrected chi connectivity index (χ2v) is 8.00. The maximum Gasteiger partial charge on any atom is 0.205 e. The lowest BCUT2D eigenvalue weighted by Gasteiger charge is -2.22. The number of aromatic nitrogens is 1. The molecule has 1 aliphatic carbocycles. The van der Waals surface area contributed by atoms with Gasteiger partial charge in [0.15, 0.2) is 0 Å². The summed E-state index contributed by atoms with van der Waals surface area (Å²) in [5.74, 6) is 0.727. The zero-order valence-corrected chi connectivity index (χ0v) is 15.5. The van der Waals surface area contributed by atoms with E-state index in [-0.39, 0.29) is 5.78 Å². The highest BCUT2D eigenvalue weighted by atomic mass is 32.1. The quantitative estimate of drug-likeness (QED) is 0.681. The number of hydrogen-bond donors (Lipinski definition) is 1. The molecule has 0 unspecified atom stereocenters. The SMILES string of the molecule is CC[C@@H]1CCc2nc3sc(C(=O)c4ccc(C)cc4)c(N)c3cc2C1. The van der Waals surface area contributed by atoms with Crippen LogP contribution in [0.3, 0.4) is 0 Å². The number of pyridine rings is 1. The highest BCUT2D eigenvalue weighted by molar-refractivity contribution is 7.21. The van der Waals surface area contributed by atoms with Crippen LogP contribution in [0.15, 0.2) is 30.3 Å². The van der Waals surface area contributed by atoms with Crippen molar-refractivity contribution >= 4 is 33.0 Å². The molecule has 0 saturated heterocycles. The summed E-state index contributed by atoms with van der Waals surface area (Å²) in [6.07, 6.45) is 4.51. The molecule has 128 valence electrons. The van der Waals surface area contributed by atoms with E-state index in [1.807, 2.05) is 31.2 Å². The van der Waals surface area contributed by atoms with Crippen LogP contribution in [0.4, 0.5) is 5.69 Å². The minimum Gasteiger partial charge on any atom is -0.397 e. The van der Waals surface area contributed by atoms with Crippen molar-refractivity contribution in [2.24, 2.45) is 5.92 Å². The van der Waals surface area contributed by atoms with E-state index in [1.165, 1.54) is 35.4 Å². The second kappa shape index (κ2) is 6.26. The predicted molar refractivity (Wildman–Crippen MR) is 104 cm³/mol. The lowest BCUT2D eigenvalue weighted by molar-refractivity contribution is 0.104. The van der Waals surface area contributed by atoms with Crippen LogP contribution in [0.2, 0.25) is 0 Å². The summed E-state index contributed by atoms with van der Waals surface area (Å²) in [6, 6.07) is 9.83. The van der Waals surface area contributed by atoms with Gasteiger partial charge < -0.3 is 5.73 Å². The van der Waals surface area contributed by atoms with Crippen LogP contribution in [0.5, 0.6) is 0 Å². The number of benzene rings is 1. The second-order valence-electron chi connectivity index (χ2n) is 7.00. The minimum absolute atomic E-state index is 0.00935. The van der Waals surface area contributed by atoms with E-state index in [0.29, 0.717) is 16.1 Å². The Kier molecular flexibility index (Phi) is 4.08. The summed E-state index contributed by atoms with van der Waals surface area (Å²) < 4.78 is 0. The molecule has 0 radical (unpaired) electrons. The van der Waals surface area contributed by atoms with E-state index in [9.17, 15) is 4.79 Å². The third-order valence-corrected chi connectivity index (χ3v) is 6.40. The Balaban J connectivity index is 1.77. The summed E-state index contributed by atoms with van der Waals surface area (Å²) in [7, 11) is 0. The number of rotatable bonds is 3. The van der Waals surface area contributed by atoms with Crippen LogP contribution in [-0.4, -0.2) is 10.8 Å². The van der Waals surface area contributed by atoms with Crippen LogP contribution in [0.25, 0.3) is 10.2 Å². The van der Waals surface area contributed by atoms with Gasteiger partial charge in [0.1, 0.15) is 9.71 Å². The molecule has 0 fully saturated rings. The van der Waals surface area contributed by atoms with Gasteiger partial charge in [0.05, 0.1) is 5.69 Å². The van der Waals surface area contributed by atoms with E-state index in [2.05, 4.69) is 13.0 Å². The smallest absolute Gasteiger partial charge is 0.205 e. The standard InChI is InChI=1S/C21H22N2OS/c1-3-13-6-9-17-15(10-13)11-16-18(22)20(25-21(16)23-17)19(24)14-7-4-12(2)5-8-14/h4-5,7-8,11,13H,3,6,9-10,22H2,1-2H3/t13-/m1/s1. The highest BCUT2D eigenvalue weighted by Gasteiger charge is 2.23. The monoisotopic (exact) mass is 350 g/mol. The van der Waals surface area contributed by atoms with Crippen molar-refractivity contribution in [3.05, 3.63) is 57.6 Å². The first kappa shape index (κ1) is 16.3. The van der Waals surface area contributed by atoms with Crippen molar-refractivity contribution in [3.63, 3.8) is 0 Å². The largest absolute Gasteiger partial charge is 0.397 e. The third kappa shape index (κ3) is 2.85. The van der Waals surface area contributed by atoms with Gasteiger partial charge in [0.25, 0.3) is 0 Å². The van der Waals surface area contributed by atoms with Crippen molar-refractivity contribution in [1.82, 2.24) is 4.98 Å². The first-order chi connectivity index (χ1) is 12.1. The Morgan fingerprint density at radius 2 is 2.08 bits per heavy atom. The molecule has 2 N–H and O–H groups in total. The van der Waals surface area contributed by atoms with Crippen molar-refractivity contribution < 1.29 is 4.79 Å². The zero-order valence-electron chi connectivity index (χ0n) is 14.6. The van der Waals surface area contributed by atoms with Crippen LogP contribution in [0.1, 0.15) is 51.8 Å². The van der Waals surface area contributed by atoms with Gasteiger partial charge in [0.2, 0.25) is 5.78 Å². The number of ketones is 1. The molecular weight excluding hydrogens is 328 g/mol. The average Bonchev–Trinajstić information content (AvgIpc) is 2.95. The van der Waals surface area contributed by atoms with Crippen molar-refractivity contribution in [1.29, 1.82) is 0 Å². The summed E-state index contributed by atoms with van der Waals surface area (Å²) in [6.45, 7) is 4.26. The Labute approximate surface area is 151 Å². The van der Waals surface area contributed by atoms with E-state index in [1.54, 1.807) is 0 Å². The van der Waals surface area contributed by atoms with E-state index in [4.69, 9.17) is 10.7 Å². The topological polar surface area (TPSA) is 56.0 Å². The third-order valence-electron chi connectivity index (χ3n) is 5.28. The average molecular weight is 350 g/mol. The zero-order chi connectivity index (χ0) is 17.6. The van der Waals surface area contributed by atoms with Gasteiger partial charge in [-0.05, 0) is 43.7 Å². The summed E-state index contributed by atoms with van der Waals surface area (Å²) in [5, 5.41) is 0.941. The first-order valence-electron chi connectivity index (χ1n) is 8.89. The number of anilines is 1. The molecule has 1 aliphatic rings. The fraction of sp³-hybridized carbons (Fsp3) is 0.333.